The molecule has 0 bridgehead atoms. The lowest BCUT2D eigenvalue weighted by atomic mass is 10.1. The fraction of sp³-hybridized carbons (Fsp3) is 0.625. The Balaban J connectivity index is 2.12. The van der Waals surface area contributed by atoms with Crippen molar-refractivity contribution >= 4 is 23.2 Å². The van der Waals surface area contributed by atoms with Gasteiger partial charge >= 0.3 is 5.97 Å². The molecule has 0 radical (unpaired) electrons. The van der Waals surface area contributed by atoms with E-state index in [1.165, 1.54) is 37.0 Å². The van der Waals surface area contributed by atoms with Crippen molar-refractivity contribution in [1.29, 1.82) is 0 Å². The van der Waals surface area contributed by atoms with E-state index in [-0.39, 0.29) is 11.9 Å². The Morgan fingerprint density at radius 1 is 1.24 bits per heavy atom. The van der Waals surface area contributed by atoms with Gasteiger partial charge in [0.2, 0.25) is 0 Å². The summed E-state index contributed by atoms with van der Waals surface area (Å²) in [7, 11) is 0. The van der Waals surface area contributed by atoms with E-state index < -0.39 is 6.04 Å². The molecule has 4 nitrogen and oxygen atoms in total. The summed E-state index contributed by atoms with van der Waals surface area (Å²) in [5.41, 5.74) is 0. The van der Waals surface area contributed by atoms with Crippen molar-refractivity contribution in [3.05, 3.63) is 22.4 Å². The molecule has 0 fully saturated rings. The molecule has 0 saturated carbocycles. The zero-order chi connectivity index (χ0) is 15.5. The average Bonchev–Trinajstić information content (AvgIpc) is 3.00. The lowest BCUT2D eigenvalue weighted by Crippen LogP contribution is -2.39. The Hall–Kier alpha value is -1.36. The van der Waals surface area contributed by atoms with Crippen LogP contribution in [0.15, 0.2) is 17.5 Å². The van der Waals surface area contributed by atoms with Crippen molar-refractivity contribution in [3.8, 4) is 0 Å². The molecule has 1 amide bonds. The van der Waals surface area contributed by atoms with Gasteiger partial charge in [-0.15, -0.1) is 11.3 Å². The van der Waals surface area contributed by atoms with Crippen LogP contribution in [0.4, 0.5) is 0 Å². The minimum Gasteiger partial charge on any atom is -0.464 e. The molecule has 0 aromatic carbocycles. The van der Waals surface area contributed by atoms with Gasteiger partial charge in [-0.05, 0) is 24.8 Å². The van der Waals surface area contributed by atoms with Crippen molar-refractivity contribution < 1.29 is 14.3 Å². The van der Waals surface area contributed by atoms with Crippen LogP contribution in [-0.2, 0) is 9.53 Å². The Kier molecular flexibility index (Phi) is 8.74. The fourth-order valence-corrected chi connectivity index (χ4v) is 2.54. The highest BCUT2D eigenvalue weighted by Crippen LogP contribution is 2.08. The molecule has 1 aromatic heterocycles. The van der Waals surface area contributed by atoms with E-state index in [2.05, 4.69) is 12.2 Å². The number of carbonyl (C=O) groups excluding carboxylic acids is 2. The molecule has 1 rings (SSSR count). The number of ether oxygens (including phenoxy) is 1. The van der Waals surface area contributed by atoms with Gasteiger partial charge in [0.1, 0.15) is 6.04 Å². The van der Waals surface area contributed by atoms with Gasteiger partial charge < -0.3 is 10.1 Å². The van der Waals surface area contributed by atoms with Crippen LogP contribution < -0.4 is 5.32 Å². The first-order valence-electron chi connectivity index (χ1n) is 7.66. The molecule has 1 heterocycles. The second-order valence-electron chi connectivity index (χ2n) is 5.11. The molecule has 5 heteroatoms. The van der Waals surface area contributed by atoms with Gasteiger partial charge in [0, 0.05) is 0 Å². The van der Waals surface area contributed by atoms with Crippen LogP contribution >= 0.6 is 11.3 Å². The average molecular weight is 311 g/mol. The summed E-state index contributed by atoms with van der Waals surface area (Å²) >= 11 is 1.35. The van der Waals surface area contributed by atoms with E-state index in [1.54, 1.807) is 19.1 Å². The van der Waals surface area contributed by atoms with E-state index >= 15 is 0 Å². The predicted molar refractivity (Wildman–Crippen MR) is 85.6 cm³/mol. The highest BCUT2D eigenvalue weighted by atomic mass is 32.1. The van der Waals surface area contributed by atoms with Crippen LogP contribution in [0.5, 0.6) is 0 Å². The monoisotopic (exact) mass is 311 g/mol. The van der Waals surface area contributed by atoms with Gasteiger partial charge in [-0.25, -0.2) is 4.79 Å². The molecule has 0 saturated heterocycles. The summed E-state index contributed by atoms with van der Waals surface area (Å²) in [4.78, 5) is 24.1. The molecule has 1 atom stereocenters. The standard InChI is InChI=1S/C16H25NO3S/c1-3-4-5-6-7-8-11-20-16(19)13(2)17-15(18)14-10-9-12-21-14/h9-10,12-13H,3-8,11H2,1-2H3,(H,17,18). The first-order valence-corrected chi connectivity index (χ1v) is 8.54. The van der Waals surface area contributed by atoms with Crippen LogP contribution in [-0.4, -0.2) is 24.5 Å². The summed E-state index contributed by atoms with van der Waals surface area (Å²) in [5, 5.41) is 4.48. The maximum Gasteiger partial charge on any atom is 0.328 e. The number of hydrogen-bond donors (Lipinski definition) is 1. The van der Waals surface area contributed by atoms with Crippen molar-refractivity contribution in [3.63, 3.8) is 0 Å². The summed E-state index contributed by atoms with van der Waals surface area (Å²) in [6.45, 7) is 4.27. The Bertz CT molecular complexity index is 417. The van der Waals surface area contributed by atoms with Crippen LogP contribution in [0, 0.1) is 0 Å². The number of carbonyl (C=O) groups is 2. The first-order chi connectivity index (χ1) is 10.1. The number of thiophene rings is 1. The molecule has 1 N–H and O–H groups in total. The highest BCUT2D eigenvalue weighted by molar-refractivity contribution is 7.12. The Labute approximate surface area is 130 Å². The van der Waals surface area contributed by atoms with E-state index in [0.717, 1.165) is 12.8 Å². The van der Waals surface area contributed by atoms with Crippen molar-refractivity contribution in [1.82, 2.24) is 5.32 Å². The zero-order valence-corrected chi connectivity index (χ0v) is 13.7. The van der Waals surface area contributed by atoms with Crippen LogP contribution in [0.25, 0.3) is 0 Å². The van der Waals surface area contributed by atoms with Crippen LogP contribution in [0.2, 0.25) is 0 Å². The number of nitrogens with one attached hydrogen (secondary N) is 1. The molecule has 1 aromatic rings. The lowest BCUT2D eigenvalue weighted by molar-refractivity contribution is -0.145. The maximum absolute atomic E-state index is 11.8. The van der Waals surface area contributed by atoms with E-state index in [9.17, 15) is 9.59 Å². The third-order valence-electron chi connectivity index (χ3n) is 3.19. The molecular formula is C16H25NO3S. The lowest BCUT2D eigenvalue weighted by Gasteiger charge is -2.12. The fourth-order valence-electron chi connectivity index (χ4n) is 1.91. The van der Waals surface area contributed by atoms with Gasteiger partial charge in [-0.3, -0.25) is 4.79 Å². The maximum atomic E-state index is 11.8. The smallest absolute Gasteiger partial charge is 0.328 e. The number of rotatable bonds is 10. The summed E-state index contributed by atoms with van der Waals surface area (Å²) in [5.74, 6) is -0.595. The molecule has 0 aliphatic heterocycles. The van der Waals surface area contributed by atoms with Gasteiger partial charge in [0.25, 0.3) is 5.91 Å². The summed E-state index contributed by atoms with van der Waals surface area (Å²) in [6.07, 6.45) is 6.92. The van der Waals surface area contributed by atoms with Gasteiger partial charge in [-0.2, -0.15) is 0 Å². The summed E-state index contributed by atoms with van der Waals surface area (Å²) < 4.78 is 5.18. The number of hydrogen-bond acceptors (Lipinski definition) is 4. The van der Waals surface area contributed by atoms with Gasteiger partial charge in [0.15, 0.2) is 0 Å². The molecule has 118 valence electrons. The van der Waals surface area contributed by atoms with Crippen LogP contribution in [0.1, 0.15) is 62.0 Å². The minimum atomic E-state index is -0.611. The largest absolute Gasteiger partial charge is 0.464 e. The Morgan fingerprint density at radius 2 is 1.95 bits per heavy atom. The second-order valence-corrected chi connectivity index (χ2v) is 6.06. The third-order valence-corrected chi connectivity index (χ3v) is 4.06. The number of unbranched alkanes of at least 4 members (excludes halogenated alkanes) is 5. The first kappa shape index (κ1) is 17.7. The van der Waals surface area contributed by atoms with E-state index in [1.807, 2.05) is 5.38 Å². The zero-order valence-electron chi connectivity index (χ0n) is 12.9. The van der Waals surface area contributed by atoms with Crippen LogP contribution in [0.3, 0.4) is 0 Å². The van der Waals surface area contributed by atoms with E-state index in [4.69, 9.17) is 4.74 Å². The number of esters is 1. The predicted octanol–water partition coefficient (Wildman–Crippen LogP) is 3.77. The van der Waals surface area contributed by atoms with Gasteiger partial charge in [-0.1, -0.05) is 45.1 Å². The quantitative estimate of drug-likeness (QED) is 0.528. The SMILES string of the molecule is CCCCCCCCOC(=O)C(C)NC(=O)c1cccs1. The van der Waals surface area contributed by atoms with Crippen molar-refractivity contribution in [2.24, 2.45) is 0 Å². The Morgan fingerprint density at radius 3 is 2.62 bits per heavy atom. The normalized spacial score (nSPS) is 11.9. The van der Waals surface area contributed by atoms with E-state index in [0.29, 0.717) is 11.5 Å². The van der Waals surface area contributed by atoms with Crippen molar-refractivity contribution in [2.45, 2.75) is 58.4 Å². The minimum absolute atomic E-state index is 0.228. The number of amides is 1. The molecule has 1 unspecified atom stereocenters. The molecule has 0 spiro atoms. The summed E-state index contributed by atoms with van der Waals surface area (Å²) in [6, 6.07) is 2.93. The molecule has 0 aliphatic rings. The van der Waals surface area contributed by atoms with Gasteiger partial charge in [0.05, 0.1) is 11.5 Å². The second kappa shape index (κ2) is 10.4. The third kappa shape index (κ3) is 7.27. The molecule has 0 aliphatic carbocycles. The van der Waals surface area contributed by atoms with Crippen molar-refractivity contribution in [2.75, 3.05) is 6.61 Å². The highest BCUT2D eigenvalue weighted by Gasteiger charge is 2.18. The molecular weight excluding hydrogens is 286 g/mol. The molecule has 21 heavy (non-hydrogen) atoms. The topological polar surface area (TPSA) is 55.4 Å².